The maximum Gasteiger partial charge on any atom is 0.336 e. The van der Waals surface area contributed by atoms with Crippen molar-refractivity contribution >= 4 is 12.0 Å². The van der Waals surface area contributed by atoms with Gasteiger partial charge in [0, 0.05) is 11.6 Å². The van der Waals surface area contributed by atoms with Crippen LogP contribution in [-0.2, 0) is 4.79 Å². The van der Waals surface area contributed by atoms with E-state index in [1.54, 1.807) is 55.7 Å². The molecule has 0 atom stereocenters. The van der Waals surface area contributed by atoms with Crippen LogP contribution in [0.4, 0.5) is 0 Å². The van der Waals surface area contributed by atoms with Gasteiger partial charge in [0.25, 0.3) is 0 Å². The van der Waals surface area contributed by atoms with Gasteiger partial charge in [-0.2, -0.15) is 5.26 Å². The van der Waals surface area contributed by atoms with Crippen molar-refractivity contribution in [2.75, 3.05) is 14.2 Å². The lowest BCUT2D eigenvalue weighted by atomic mass is 10.1. The van der Waals surface area contributed by atoms with Crippen molar-refractivity contribution in [3.63, 3.8) is 0 Å². The van der Waals surface area contributed by atoms with Gasteiger partial charge in [0.2, 0.25) is 0 Å². The van der Waals surface area contributed by atoms with Gasteiger partial charge in [-0.25, -0.2) is 4.79 Å². The van der Waals surface area contributed by atoms with Crippen LogP contribution in [0.15, 0.2) is 48.5 Å². The molecular formula is C18H15NO4. The van der Waals surface area contributed by atoms with E-state index in [4.69, 9.17) is 19.5 Å². The minimum atomic E-state index is -0.528. The summed E-state index contributed by atoms with van der Waals surface area (Å²) < 4.78 is 15.6. The highest BCUT2D eigenvalue weighted by Gasteiger charge is 2.08. The van der Waals surface area contributed by atoms with Gasteiger partial charge in [-0.3, -0.25) is 0 Å². The van der Waals surface area contributed by atoms with Gasteiger partial charge >= 0.3 is 5.97 Å². The molecule has 0 aliphatic heterocycles. The molecule has 5 heteroatoms. The molecule has 0 N–H and O–H groups in total. The second kappa shape index (κ2) is 7.66. The topological polar surface area (TPSA) is 68.5 Å². The van der Waals surface area contributed by atoms with Crippen molar-refractivity contribution < 1.29 is 19.0 Å². The minimum Gasteiger partial charge on any atom is -0.493 e. The number of rotatable bonds is 5. The third-order valence-electron chi connectivity index (χ3n) is 3.03. The number of methoxy groups -OCH3 is 2. The molecular weight excluding hydrogens is 294 g/mol. The van der Waals surface area contributed by atoms with Crippen LogP contribution in [0, 0.1) is 11.3 Å². The minimum absolute atomic E-state index is 0.372. The number of ether oxygens (including phenoxy) is 3. The van der Waals surface area contributed by atoms with E-state index < -0.39 is 5.97 Å². The second-order valence-corrected chi connectivity index (χ2v) is 4.47. The molecule has 0 saturated heterocycles. The number of nitriles is 1. The molecule has 0 bridgehead atoms. The van der Waals surface area contributed by atoms with Gasteiger partial charge in [-0.05, 0) is 36.4 Å². The van der Waals surface area contributed by atoms with Gasteiger partial charge in [0.1, 0.15) is 5.75 Å². The Bertz CT molecular complexity index is 758. The fourth-order valence-electron chi connectivity index (χ4n) is 1.95. The molecule has 0 aromatic heterocycles. The smallest absolute Gasteiger partial charge is 0.336 e. The number of para-hydroxylation sites is 1. The quantitative estimate of drug-likeness (QED) is 0.482. The molecule has 2 rings (SSSR count). The zero-order valence-corrected chi connectivity index (χ0v) is 12.8. The Kier molecular flexibility index (Phi) is 5.37. The van der Waals surface area contributed by atoms with Gasteiger partial charge in [0.05, 0.1) is 25.9 Å². The Morgan fingerprint density at radius 1 is 1.09 bits per heavy atom. The van der Waals surface area contributed by atoms with Crippen LogP contribution in [0.1, 0.15) is 11.1 Å². The Labute approximate surface area is 134 Å². The summed E-state index contributed by atoms with van der Waals surface area (Å²) in [7, 11) is 3.08. The van der Waals surface area contributed by atoms with Crippen LogP contribution < -0.4 is 14.2 Å². The molecule has 2 aromatic rings. The van der Waals surface area contributed by atoms with Crippen LogP contribution in [0.25, 0.3) is 6.08 Å². The lowest BCUT2D eigenvalue weighted by Gasteiger charge is -2.09. The van der Waals surface area contributed by atoms with Crippen molar-refractivity contribution in [3.8, 4) is 23.3 Å². The summed E-state index contributed by atoms with van der Waals surface area (Å²) in [6, 6.07) is 13.7. The molecule has 23 heavy (non-hydrogen) atoms. The molecule has 0 aliphatic carbocycles. The van der Waals surface area contributed by atoms with Crippen molar-refractivity contribution in [2.45, 2.75) is 0 Å². The van der Waals surface area contributed by atoms with Crippen LogP contribution >= 0.6 is 0 Å². The van der Waals surface area contributed by atoms with Crippen molar-refractivity contribution in [2.24, 2.45) is 0 Å². The Morgan fingerprint density at radius 3 is 2.43 bits per heavy atom. The summed E-state index contributed by atoms with van der Waals surface area (Å²) in [5, 5.41) is 8.72. The van der Waals surface area contributed by atoms with E-state index in [1.165, 1.54) is 13.2 Å². The maximum absolute atomic E-state index is 11.8. The third-order valence-corrected chi connectivity index (χ3v) is 3.03. The van der Waals surface area contributed by atoms with Crippen LogP contribution in [0.2, 0.25) is 0 Å². The zero-order valence-electron chi connectivity index (χ0n) is 12.8. The average Bonchev–Trinajstić information content (AvgIpc) is 2.60. The number of nitrogens with zero attached hydrogens (tertiary/aromatic N) is 1. The van der Waals surface area contributed by atoms with Gasteiger partial charge in [0.15, 0.2) is 11.5 Å². The first-order valence-electron chi connectivity index (χ1n) is 6.79. The molecule has 116 valence electrons. The fourth-order valence-corrected chi connectivity index (χ4v) is 1.95. The molecule has 0 saturated carbocycles. The summed E-state index contributed by atoms with van der Waals surface area (Å²) >= 11 is 0. The Hall–Kier alpha value is -3.26. The predicted octanol–water partition coefficient (Wildman–Crippen LogP) is 3.19. The third kappa shape index (κ3) is 4.11. The first-order valence-corrected chi connectivity index (χ1v) is 6.79. The largest absolute Gasteiger partial charge is 0.493 e. The molecule has 2 aromatic carbocycles. The van der Waals surface area contributed by atoms with Gasteiger partial charge in [-0.15, -0.1) is 0 Å². The Morgan fingerprint density at radius 2 is 1.83 bits per heavy atom. The lowest BCUT2D eigenvalue weighted by molar-refractivity contribution is -0.128. The highest BCUT2D eigenvalue weighted by atomic mass is 16.5. The fraction of sp³-hybridized carbons (Fsp3) is 0.111. The molecule has 0 aliphatic rings. The number of esters is 1. The van der Waals surface area contributed by atoms with E-state index in [2.05, 4.69) is 0 Å². The van der Waals surface area contributed by atoms with E-state index in [0.29, 0.717) is 28.4 Å². The molecule has 0 radical (unpaired) electrons. The van der Waals surface area contributed by atoms with Crippen LogP contribution in [0.5, 0.6) is 17.2 Å². The monoisotopic (exact) mass is 309 g/mol. The van der Waals surface area contributed by atoms with E-state index >= 15 is 0 Å². The molecule has 0 heterocycles. The van der Waals surface area contributed by atoms with Crippen molar-refractivity contribution in [1.29, 1.82) is 5.26 Å². The van der Waals surface area contributed by atoms with E-state index in [9.17, 15) is 4.79 Å². The highest BCUT2D eigenvalue weighted by Crippen LogP contribution is 2.31. The maximum atomic E-state index is 11.8. The molecule has 0 fully saturated rings. The summed E-state index contributed by atoms with van der Waals surface area (Å²) in [5.41, 5.74) is 1.20. The highest BCUT2D eigenvalue weighted by molar-refractivity contribution is 5.89. The molecule has 0 amide bonds. The zero-order chi connectivity index (χ0) is 16.7. The summed E-state index contributed by atoms with van der Waals surface area (Å²) in [6.07, 6.45) is 2.89. The van der Waals surface area contributed by atoms with Crippen LogP contribution in [0.3, 0.4) is 0 Å². The predicted molar refractivity (Wildman–Crippen MR) is 85.4 cm³/mol. The van der Waals surface area contributed by atoms with Crippen LogP contribution in [-0.4, -0.2) is 20.2 Å². The molecule has 5 nitrogen and oxygen atoms in total. The van der Waals surface area contributed by atoms with Gasteiger partial charge < -0.3 is 14.2 Å². The van der Waals surface area contributed by atoms with E-state index in [1.807, 2.05) is 6.07 Å². The summed E-state index contributed by atoms with van der Waals surface area (Å²) in [6.45, 7) is 0. The number of carbonyl (C=O) groups excluding carboxylic acids is 1. The first kappa shape index (κ1) is 16.1. The average molecular weight is 309 g/mol. The molecule has 0 unspecified atom stereocenters. The number of hydrogen-bond donors (Lipinski definition) is 0. The van der Waals surface area contributed by atoms with E-state index in [0.717, 1.165) is 0 Å². The Balaban J connectivity index is 2.10. The van der Waals surface area contributed by atoms with Gasteiger partial charge in [-0.1, -0.05) is 12.1 Å². The summed E-state index contributed by atoms with van der Waals surface area (Å²) in [5.74, 6) is 0.961. The second-order valence-electron chi connectivity index (χ2n) is 4.47. The number of carbonyl (C=O) groups is 1. The lowest BCUT2D eigenvalue weighted by Crippen LogP contribution is -2.03. The number of benzene rings is 2. The normalized spacial score (nSPS) is 10.1. The van der Waals surface area contributed by atoms with Crippen molar-refractivity contribution in [3.05, 3.63) is 59.7 Å². The van der Waals surface area contributed by atoms with E-state index in [-0.39, 0.29) is 0 Å². The standard InChI is InChI=1S/C18H15NO4/c1-21-16-5-3-4-14(18(16)22-2)8-11-17(20)23-15-9-6-13(12-19)7-10-15/h3-11H,1-2H3/b11-8+. The number of hydrogen-bond acceptors (Lipinski definition) is 5. The SMILES string of the molecule is COc1cccc(/C=C/C(=O)Oc2ccc(C#N)cc2)c1OC. The molecule has 0 spiro atoms. The first-order chi connectivity index (χ1) is 11.2. The van der Waals surface area contributed by atoms with Crippen molar-refractivity contribution in [1.82, 2.24) is 0 Å². The summed E-state index contributed by atoms with van der Waals surface area (Å²) in [4.78, 5) is 11.8.